The van der Waals surface area contributed by atoms with Crippen molar-refractivity contribution < 1.29 is 4.79 Å². The summed E-state index contributed by atoms with van der Waals surface area (Å²) < 4.78 is 0. The van der Waals surface area contributed by atoms with E-state index in [2.05, 4.69) is 39.6 Å². The molecule has 2 amide bonds. The van der Waals surface area contributed by atoms with Crippen molar-refractivity contribution in [3.8, 4) is 0 Å². The van der Waals surface area contributed by atoms with Gasteiger partial charge in [0.15, 0.2) is 0 Å². The fourth-order valence-electron chi connectivity index (χ4n) is 3.14. The molecule has 2 aromatic rings. The van der Waals surface area contributed by atoms with Gasteiger partial charge >= 0.3 is 6.03 Å². The number of aromatic nitrogens is 2. The number of carbonyl (C=O) groups is 1. The molecule has 8 heteroatoms. The standard InChI is InChI=1S/C17H22ClN5OS/c1-10-6-11(2)9-23(8-10)17-22-21-16(25-17)20-15(24)19-13-5-4-12(3)14(18)7-13/h4-5,7,10-11H,6,8-9H2,1-3H3,(H2,19,20,21,24)/t10-,11-/m1/s1. The molecule has 1 aromatic carbocycles. The van der Waals surface area contributed by atoms with Gasteiger partial charge in [0.2, 0.25) is 10.3 Å². The first-order chi connectivity index (χ1) is 11.9. The van der Waals surface area contributed by atoms with Crippen LogP contribution in [0.2, 0.25) is 5.02 Å². The smallest absolute Gasteiger partial charge is 0.325 e. The third kappa shape index (κ3) is 4.61. The molecular formula is C17H22ClN5OS. The van der Waals surface area contributed by atoms with E-state index in [0.29, 0.717) is 27.7 Å². The van der Waals surface area contributed by atoms with Crippen LogP contribution in [0.4, 0.5) is 20.7 Å². The van der Waals surface area contributed by atoms with Gasteiger partial charge in [0, 0.05) is 23.8 Å². The van der Waals surface area contributed by atoms with Gasteiger partial charge in [0.1, 0.15) is 0 Å². The predicted octanol–water partition coefficient (Wildman–Crippen LogP) is 4.63. The third-order valence-corrected chi connectivity index (χ3v) is 5.51. The number of aryl methyl sites for hydroxylation is 1. The predicted molar refractivity (Wildman–Crippen MR) is 104 cm³/mol. The second-order valence-corrected chi connectivity index (χ2v) is 8.15. The molecule has 1 aromatic heterocycles. The van der Waals surface area contributed by atoms with Gasteiger partial charge in [-0.05, 0) is 42.9 Å². The minimum Gasteiger partial charge on any atom is -0.346 e. The molecule has 0 saturated carbocycles. The van der Waals surface area contributed by atoms with Crippen molar-refractivity contribution >= 4 is 44.9 Å². The Morgan fingerprint density at radius 3 is 2.64 bits per heavy atom. The molecule has 1 saturated heterocycles. The number of anilines is 3. The number of piperidine rings is 1. The van der Waals surface area contributed by atoms with E-state index < -0.39 is 0 Å². The van der Waals surface area contributed by atoms with E-state index in [0.717, 1.165) is 23.8 Å². The Balaban J connectivity index is 1.60. The lowest BCUT2D eigenvalue weighted by atomic mass is 9.92. The van der Waals surface area contributed by atoms with Gasteiger partial charge in [-0.3, -0.25) is 5.32 Å². The Morgan fingerprint density at radius 1 is 1.24 bits per heavy atom. The van der Waals surface area contributed by atoms with E-state index >= 15 is 0 Å². The molecule has 0 bridgehead atoms. The fourth-order valence-corrected chi connectivity index (χ4v) is 4.08. The molecule has 2 N–H and O–H groups in total. The number of halogens is 1. The lowest BCUT2D eigenvalue weighted by Crippen LogP contribution is -2.38. The summed E-state index contributed by atoms with van der Waals surface area (Å²) in [5.74, 6) is 1.28. The van der Waals surface area contributed by atoms with Crippen LogP contribution < -0.4 is 15.5 Å². The van der Waals surface area contributed by atoms with Crippen LogP contribution >= 0.6 is 22.9 Å². The molecule has 1 aliphatic heterocycles. The fraction of sp³-hybridized carbons (Fsp3) is 0.471. The van der Waals surface area contributed by atoms with Gasteiger partial charge in [-0.25, -0.2) is 4.79 Å². The highest BCUT2D eigenvalue weighted by atomic mass is 35.5. The number of nitrogens with one attached hydrogen (secondary N) is 2. The number of amides is 2. The summed E-state index contributed by atoms with van der Waals surface area (Å²) in [6.07, 6.45) is 1.24. The van der Waals surface area contributed by atoms with Crippen LogP contribution in [0.1, 0.15) is 25.8 Å². The molecule has 134 valence electrons. The number of hydrogen-bond acceptors (Lipinski definition) is 5. The summed E-state index contributed by atoms with van der Waals surface area (Å²) in [4.78, 5) is 14.4. The van der Waals surface area contributed by atoms with Gasteiger partial charge in [-0.1, -0.05) is 42.9 Å². The Kier molecular flexibility index (Phi) is 5.44. The lowest BCUT2D eigenvalue weighted by Gasteiger charge is -2.34. The average Bonchev–Trinajstić information content (AvgIpc) is 2.98. The number of carbonyl (C=O) groups excluding carboxylic acids is 1. The highest BCUT2D eigenvalue weighted by Crippen LogP contribution is 2.30. The molecule has 2 heterocycles. The number of benzene rings is 1. The van der Waals surface area contributed by atoms with Crippen molar-refractivity contribution in [2.45, 2.75) is 27.2 Å². The van der Waals surface area contributed by atoms with Crippen LogP contribution in [0.25, 0.3) is 0 Å². The van der Waals surface area contributed by atoms with Crippen LogP contribution in [0.3, 0.4) is 0 Å². The van der Waals surface area contributed by atoms with E-state index in [9.17, 15) is 4.79 Å². The summed E-state index contributed by atoms with van der Waals surface area (Å²) in [7, 11) is 0. The molecule has 3 rings (SSSR count). The Morgan fingerprint density at radius 2 is 1.96 bits per heavy atom. The monoisotopic (exact) mass is 379 g/mol. The first-order valence-electron chi connectivity index (χ1n) is 8.33. The van der Waals surface area contributed by atoms with Gasteiger partial charge in [-0.15, -0.1) is 10.2 Å². The maximum Gasteiger partial charge on any atom is 0.325 e. The van der Waals surface area contributed by atoms with E-state index in [-0.39, 0.29) is 6.03 Å². The molecule has 6 nitrogen and oxygen atoms in total. The summed E-state index contributed by atoms with van der Waals surface area (Å²) >= 11 is 7.47. The molecule has 25 heavy (non-hydrogen) atoms. The zero-order chi connectivity index (χ0) is 18.0. The maximum absolute atomic E-state index is 12.1. The molecule has 0 radical (unpaired) electrons. The second kappa shape index (κ2) is 7.58. The van der Waals surface area contributed by atoms with Crippen LogP contribution in [0.5, 0.6) is 0 Å². The number of urea groups is 1. The van der Waals surface area contributed by atoms with Gasteiger partial charge < -0.3 is 10.2 Å². The van der Waals surface area contributed by atoms with Crippen molar-refractivity contribution in [1.29, 1.82) is 0 Å². The van der Waals surface area contributed by atoms with Crippen molar-refractivity contribution in [3.63, 3.8) is 0 Å². The minimum atomic E-state index is -0.358. The second-order valence-electron chi connectivity index (χ2n) is 6.78. The minimum absolute atomic E-state index is 0.358. The lowest BCUT2D eigenvalue weighted by molar-refractivity contribution is 0.262. The molecular weight excluding hydrogens is 358 g/mol. The molecule has 0 unspecified atom stereocenters. The van der Waals surface area contributed by atoms with E-state index in [1.54, 1.807) is 6.07 Å². The van der Waals surface area contributed by atoms with Crippen molar-refractivity contribution in [3.05, 3.63) is 28.8 Å². The molecule has 1 aliphatic rings. The van der Waals surface area contributed by atoms with Gasteiger partial charge in [0.25, 0.3) is 0 Å². The number of hydrogen-bond donors (Lipinski definition) is 2. The maximum atomic E-state index is 12.1. The quantitative estimate of drug-likeness (QED) is 0.815. The summed E-state index contributed by atoms with van der Waals surface area (Å²) in [5.41, 5.74) is 1.60. The molecule has 0 spiro atoms. The Bertz CT molecular complexity index is 755. The van der Waals surface area contributed by atoms with Crippen molar-refractivity contribution in [2.24, 2.45) is 11.8 Å². The topological polar surface area (TPSA) is 70.1 Å². The Labute approximate surface area is 156 Å². The normalized spacial score (nSPS) is 20.4. The van der Waals surface area contributed by atoms with E-state index in [1.807, 2.05) is 19.1 Å². The van der Waals surface area contributed by atoms with Crippen LogP contribution in [-0.4, -0.2) is 29.3 Å². The van der Waals surface area contributed by atoms with E-state index in [1.165, 1.54) is 17.8 Å². The summed E-state index contributed by atoms with van der Waals surface area (Å²) in [6, 6.07) is 5.03. The third-order valence-electron chi connectivity index (χ3n) is 4.20. The highest BCUT2D eigenvalue weighted by Gasteiger charge is 2.24. The van der Waals surface area contributed by atoms with Crippen molar-refractivity contribution in [2.75, 3.05) is 28.6 Å². The van der Waals surface area contributed by atoms with Crippen molar-refractivity contribution in [1.82, 2.24) is 10.2 Å². The summed E-state index contributed by atoms with van der Waals surface area (Å²) in [6.45, 7) is 8.38. The van der Waals surface area contributed by atoms with E-state index in [4.69, 9.17) is 11.6 Å². The zero-order valence-corrected chi connectivity index (χ0v) is 16.1. The average molecular weight is 380 g/mol. The van der Waals surface area contributed by atoms with Crippen LogP contribution in [0, 0.1) is 18.8 Å². The highest BCUT2D eigenvalue weighted by molar-refractivity contribution is 7.19. The summed E-state index contributed by atoms with van der Waals surface area (Å²) in [5, 5.41) is 15.7. The largest absolute Gasteiger partial charge is 0.346 e. The van der Waals surface area contributed by atoms with Gasteiger partial charge in [-0.2, -0.15) is 0 Å². The Hall–Kier alpha value is -1.86. The first kappa shape index (κ1) is 17.9. The van der Waals surface area contributed by atoms with Gasteiger partial charge in [0.05, 0.1) is 0 Å². The SMILES string of the molecule is Cc1ccc(NC(=O)Nc2nnc(N3C[C@H](C)C[C@@H](C)C3)s2)cc1Cl. The van der Waals surface area contributed by atoms with Crippen LogP contribution in [-0.2, 0) is 0 Å². The number of nitrogens with zero attached hydrogens (tertiary/aromatic N) is 3. The molecule has 1 fully saturated rings. The molecule has 0 aliphatic carbocycles. The van der Waals surface area contributed by atoms with Crippen LogP contribution in [0.15, 0.2) is 18.2 Å². The number of rotatable bonds is 3. The zero-order valence-electron chi connectivity index (χ0n) is 14.5. The first-order valence-corrected chi connectivity index (χ1v) is 9.52. The molecule has 2 atom stereocenters.